The van der Waals surface area contributed by atoms with E-state index in [0.29, 0.717) is 11.3 Å². The number of anilines is 1. The average Bonchev–Trinajstić information content (AvgIpc) is 2.41. The zero-order valence-electron chi connectivity index (χ0n) is 10.5. The molecule has 0 aliphatic carbocycles. The maximum atomic E-state index is 12.0. The number of nitrogens with one attached hydrogen (secondary N) is 2. The predicted molar refractivity (Wildman–Crippen MR) is 75.6 cm³/mol. The van der Waals surface area contributed by atoms with Gasteiger partial charge in [-0.05, 0) is 13.0 Å². The molecule has 1 unspecified atom stereocenters. The molecule has 1 heterocycles. The van der Waals surface area contributed by atoms with E-state index in [4.69, 9.17) is 0 Å². The molecular weight excluding hydrogens is 266 g/mol. The van der Waals surface area contributed by atoms with Crippen molar-refractivity contribution in [2.45, 2.75) is 13.0 Å². The van der Waals surface area contributed by atoms with Crippen molar-refractivity contribution >= 4 is 29.0 Å². The molecule has 1 aliphatic heterocycles. The zero-order chi connectivity index (χ0) is 13.8. The first-order valence-corrected chi connectivity index (χ1v) is 7.11. The Morgan fingerprint density at radius 3 is 3.00 bits per heavy atom. The van der Waals surface area contributed by atoms with Crippen LogP contribution in [0.15, 0.2) is 18.2 Å². The quantitative estimate of drug-likeness (QED) is 0.648. The third-order valence-corrected chi connectivity index (χ3v) is 4.06. The smallest absolute Gasteiger partial charge is 0.274 e. The summed E-state index contributed by atoms with van der Waals surface area (Å²) in [7, 11) is 0. The Hall–Kier alpha value is -1.60. The third kappa shape index (κ3) is 3.24. The van der Waals surface area contributed by atoms with Gasteiger partial charge in [0.25, 0.3) is 5.69 Å². The summed E-state index contributed by atoms with van der Waals surface area (Å²) in [6.07, 6.45) is 0. The predicted octanol–water partition coefficient (Wildman–Crippen LogP) is 1.55. The van der Waals surface area contributed by atoms with Gasteiger partial charge in [0.15, 0.2) is 0 Å². The van der Waals surface area contributed by atoms with Crippen LogP contribution in [0.25, 0.3) is 0 Å². The van der Waals surface area contributed by atoms with Gasteiger partial charge in [-0.25, -0.2) is 0 Å². The molecule has 1 aromatic carbocycles. The molecule has 1 saturated heterocycles. The van der Waals surface area contributed by atoms with Gasteiger partial charge < -0.3 is 10.6 Å². The summed E-state index contributed by atoms with van der Waals surface area (Å²) in [4.78, 5) is 22.4. The molecule has 19 heavy (non-hydrogen) atoms. The highest BCUT2D eigenvalue weighted by Crippen LogP contribution is 2.25. The molecule has 0 bridgehead atoms. The van der Waals surface area contributed by atoms with E-state index in [2.05, 4.69) is 10.6 Å². The van der Waals surface area contributed by atoms with Gasteiger partial charge in [-0.2, -0.15) is 11.8 Å². The summed E-state index contributed by atoms with van der Waals surface area (Å²) in [5, 5.41) is 16.7. The molecule has 1 atom stereocenters. The van der Waals surface area contributed by atoms with E-state index in [-0.39, 0.29) is 17.6 Å². The number of amides is 1. The van der Waals surface area contributed by atoms with E-state index in [1.165, 1.54) is 6.07 Å². The molecular formula is C12H15N3O3S. The van der Waals surface area contributed by atoms with Crippen molar-refractivity contribution in [1.29, 1.82) is 0 Å². The highest BCUT2D eigenvalue weighted by Gasteiger charge is 2.22. The van der Waals surface area contributed by atoms with E-state index in [9.17, 15) is 14.9 Å². The fourth-order valence-electron chi connectivity index (χ4n) is 1.91. The fraction of sp³-hybridized carbons (Fsp3) is 0.417. The van der Waals surface area contributed by atoms with E-state index in [0.717, 1.165) is 18.1 Å². The number of hydrogen-bond acceptors (Lipinski definition) is 5. The number of rotatable bonds is 3. The molecule has 0 radical (unpaired) electrons. The van der Waals surface area contributed by atoms with Crippen LogP contribution < -0.4 is 10.6 Å². The largest absolute Gasteiger partial charge is 0.324 e. The highest BCUT2D eigenvalue weighted by molar-refractivity contribution is 7.99. The molecule has 0 saturated carbocycles. The van der Waals surface area contributed by atoms with Crippen molar-refractivity contribution in [3.63, 3.8) is 0 Å². The molecule has 7 heteroatoms. The van der Waals surface area contributed by atoms with Gasteiger partial charge in [-0.15, -0.1) is 0 Å². The van der Waals surface area contributed by atoms with E-state index < -0.39 is 4.92 Å². The molecule has 1 aromatic rings. The number of carbonyl (C=O) groups excluding carboxylic acids is 1. The van der Waals surface area contributed by atoms with Crippen LogP contribution in [-0.4, -0.2) is 34.9 Å². The van der Waals surface area contributed by atoms with Crippen molar-refractivity contribution < 1.29 is 9.72 Å². The maximum absolute atomic E-state index is 12.0. The lowest BCUT2D eigenvalue weighted by molar-refractivity contribution is -0.385. The standard InChI is InChI=1S/C12H15N3O3S/c1-8-9(3-2-4-11(8)15(17)18)14-12(16)10-7-19-6-5-13-10/h2-4,10,13H,5-7H2,1H3,(H,14,16). The molecule has 2 N–H and O–H groups in total. The maximum Gasteiger partial charge on any atom is 0.274 e. The highest BCUT2D eigenvalue weighted by atomic mass is 32.2. The Labute approximate surface area is 115 Å². The molecule has 102 valence electrons. The summed E-state index contributed by atoms with van der Waals surface area (Å²) in [5.41, 5.74) is 0.990. The molecule has 1 fully saturated rings. The monoisotopic (exact) mass is 281 g/mol. The van der Waals surface area contributed by atoms with Crippen molar-refractivity contribution in [1.82, 2.24) is 5.32 Å². The summed E-state index contributed by atoms with van der Waals surface area (Å²) < 4.78 is 0. The Morgan fingerprint density at radius 1 is 1.58 bits per heavy atom. The summed E-state index contributed by atoms with van der Waals surface area (Å²) >= 11 is 1.72. The molecule has 0 aromatic heterocycles. The Kier molecular flexibility index (Phi) is 4.39. The van der Waals surface area contributed by atoms with Crippen LogP contribution in [0, 0.1) is 17.0 Å². The van der Waals surface area contributed by atoms with Crippen LogP contribution in [0.2, 0.25) is 0 Å². The number of carbonyl (C=O) groups is 1. The van der Waals surface area contributed by atoms with Crippen LogP contribution in [-0.2, 0) is 4.79 Å². The lowest BCUT2D eigenvalue weighted by Gasteiger charge is -2.22. The minimum Gasteiger partial charge on any atom is -0.324 e. The third-order valence-electron chi connectivity index (χ3n) is 3.00. The molecule has 1 amide bonds. The Bertz CT molecular complexity index is 501. The van der Waals surface area contributed by atoms with Crippen LogP contribution in [0.1, 0.15) is 5.56 Å². The summed E-state index contributed by atoms with van der Waals surface area (Å²) in [6.45, 7) is 2.44. The van der Waals surface area contributed by atoms with Gasteiger partial charge in [-0.3, -0.25) is 14.9 Å². The SMILES string of the molecule is Cc1c(NC(=O)C2CSCCN2)cccc1[N+](=O)[O-]. The first kappa shape index (κ1) is 13.8. The molecule has 0 spiro atoms. The van der Waals surface area contributed by atoms with E-state index >= 15 is 0 Å². The summed E-state index contributed by atoms with van der Waals surface area (Å²) in [5.74, 6) is 1.58. The minimum absolute atomic E-state index is 0.0174. The normalized spacial score (nSPS) is 18.9. The van der Waals surface area contributed by atoms with Gasteiger partial charge >= 0.3 is 0 Å². The van der Waals surface area contributed by atoms with E-state index in [1.807, 2.05) is 0 Å². The average molecular weight is 281 g/mol. The second-order valence-electron chi connectivity index (χ2n) is 4.28. The molecule has 1 aliphatic rings. The van der Waals surface area contributed by atoms with Crippen molar-refractivity contribution in [3.8, 4) is 0 Å². The first-order chi connectivity index (χ1) is 9.09. The number of benzene rings is 1. The van der Waals surface area contributed by atoms with Crippen LogP contribution in [0.5, 0.6) is 0 Å². The van der Waals surface area contributed by atoms with Crippen molar-refractivity contribution in [2.24, 2.45) is 0 Å². The molecule has 6 nitrogen and oxygen atoms in total. The van der Waals surface area contributed by atoms with Gasteiger partial charge in [-0.1, -0.05) is 6.07 Å². The van der Waals surface area contributed by atoms with Crippen molar-refractivity contribution in [2.75, 3.05) is 23.4 Å². The topological polar surface area (TPSA) is 84.3 Å². The fourth-order valence-corrected chi connectivity index (χ4v) is 2.84. The zero-order valence-corrected chi connectivity index (χ0v) is 11.3. The van der Waals surface area contributed by atoms with Crippen LogP contribution >= 0.6 is 11.8 Å². The second-order valence-corrected chi connectivity index (χ2v) is 5.43. The van der Waals surface area contributed by atoms with Crippen molar-refractivity contribution in [3.05, 3.63) is 33.9 Å². The lowest BCUT2D eigenvalue weighted by Crippen LogP contribution is -2.46. The van der Waals surface area contributed by atoms with Gasteiger partial charge in [0.05, 0.1) is 22.2 Å². The summed E-state index contributed by atoms with van der Waals surface area (Å²) in [6, 6.07) is 4.44. The van der Waals surface area contributed by atoms with Gasteiger partial charge in [0.2, 0.25) is 5.91 Å². The number of thioether (sulfide) groups is 1. The lowest BCUT2D eigenvalue weighted by atomic mass is 10.1. The van der Waals surface area contributed by atoms with E-state index in [1.54, 1.807) is 30.8 Å². The Balaban J connectivity index is 2.12. The number of hydrogen-bond donors (Lipinski definition) is 2. The number of nitrogens with zero attached hydrogens (tertiary/aromatic N) is 1. The Morgan fingerprint density at radius 2 is 2.37 bits per heavy atom. The van der Waals surface area contributed by atoms with Gasteiger partial charge in [0.1, 0.15) is 0 Å². The minimum atomic E-state index is -0.445. The van der Waals surface area contributed by atoms with Gasteiger partial charge in [0, 0.05) is 24.1 Å². The first-order valence-electron chi connectivity index (χ1n) is 5.95. The second kappa shape index (κ2) is 6.03. The number of nitro groups is 1. The van der Waals surface area contributed by atoms with Crippen LogP contribution in [0.4, 0.5) is 11.4 Å². The molecule has 2 rings (SSSR count). The van der Waals surface area contributed by atoms with Crippen LogP contribution in [0.3, 0.4) is 0 Å². The number of nitro benzene ring substituents is 1.